The second-order valence-electron chi connectivity index (χ2n) is 8.79. The highest BCUT2D eigenvalue weighted by molar-refractivity contribution is 6.03. The molecule has 1 aliphatic carbocycles. The lowest BCUT2D eigenvalue weighted by Crippen LogP contribution is -2.36. The number of hydrogen-bond donors (Lipinski definition) is 0. The van der Waals surface area contributed by atoms with Crippen LogP contribution in [0.25, 0.3) is 5.82 Å². The van der Waals surface area contributed by atoms with Gasteiger partial charge >= 0.3 is 0 Å². The van der Waals surface area contributed by atoms with E-state index >= 15 is 0 Å². The normalized spacial score (nSPS) is 19.4. The van der Waals surface area contributed by atoms with Gasteiger partial charge in [0, 0.05) is 35.8 Å². The molecule has 3 heterocycles. The minimum Gasteiger partial charge on any atom is -0.454 e. The minimum atomic E-state index is -0.471. The molecule has 3 aliphatic rings. The van der Waals surface area contributed by atoms with Crippen LogP contribution >= 0.6 is 0 Å². The van der Waals surface area contributed by atoms with Crippen molar-refractivity contribution in [3.8, 4) is 17.6 Å². The standard InChI is InChI=1S/C28H23N3O3/c1-18-7-10-20(11-8-18)31-22-5-4-6-23(32)27(22)26(19-9-12-24-25(15-19)34-17-33-24)21(16-29)28(31)30-13-2-3-14-30/h2-3,7-15,26H,4-6,17H2,1H3/t26-/m0/s1. The van der Waals surface area contributed by atoms with Gasteiger partial charge in [0.2, 0.25) is 6.79 Å². The molecule has 0 saturated carbocycles. The van der Waals surface area contributed by atoms with Crippen LogP contribution in [-0.4, -0.2) is 17.1 Å². The number of ketones is 1. The van der Waals surface area contributed by atoms with E-state index in [1.807, 2.05) is 54.2 Å². The van der Waals surface area contributed by atoms with Gasteiger partial charge in [-0.15, -0.1) is 0 Å². The average Bonchev–Trinajstić information content (AvgIpc) is 3.55. The van der Waals surface area contributed by atoms with E-state index in [1.54, 1.807) is 0 Å². The van der Waals surface area contributed by atoms with Gasteiger partial charge in [-0.3, -0.25) is 9.69 Å². The summed E-state index contributed by atoms with van der Waals surface area (Å²) in [6.45, 7) is 2.22. The highest BCUT2D eigenvalue weighted by Gasteiger charge is 2.42. The molecule has 6 rings (SSSR count). The summed E-state index contributed by atoms with van der Waals surface area (Å²) in [7, 11) is 0. The smallest absolute Gasteiger partial charge is 0.231 e. The number of nitrogens with zero attached hydrogens (tertiary/aromatic N) is 3. The van der Waals surface area contributed by atoms with Gasteiger partial charge in [-0.05, 0) is 61.7 Å². The van der Waals surface area contributed by atoms with Gasteiger partial charge in [0.05, 0.1) is 17.6 Å². The minimum absolute atomic E-state index is 0.0975. The molecule has 34 heavy (non-hydrogen) atoms. The summed E-state index contributed by atoms with van der Waals surface area (Å²) >= 11 is 0. The second-order valence-corrected chi connectivity index (χ2v) is 8.79. The van der Waals surface area contributed by atoms with E-state index < -0.39 is 5.92 Å². The van der Waals surface area contributed by atoms with E-state index in [0.717, 1.165) is 41.2 Å². The zero-order valence-electron chi connectivity index (χ0n) is 18.8. The Balaban J connectivity index is 1.64. The van der Waals surface area contributed by atoms with Crippen molar-refractivity contribution in [2.75, 3.05) is 11.7 Å². The fraction of sp³-hybridized carbons (Fsp3) is 0.214. The molecule has 0 fully saturated rings. The Bertz CT molecular complexity index is 1390. The molecule has 168 valence electrons. The van der Waals surface area contributed by atoms with E-state index in [-0.39, 0.29) is 12.6 Å². The van der Waals surface area contributed by atoms with Crippen molar-refractivity contribution in [1.29, 1.82) is 5.26 Å². The molecule has 0 unspecified atom stereocenters. The largest absolute Gasteiger partial charge is 0.454 e. The number of allylic oxidation sites excluding steroid dienone is 3. The number of hydrogen-bond acceptors (Lipinski definition) is 5. The van der Waals surface area contributed by atoms with Crippen molar-refractivity contribution in [3.63, 3.8) is 0 Å². The summed E-state index contributed by atoms with van der Waals surface area (Å²) in [5.41, 5.74) is 5.15. The number of rotatable bonds is 3. The Hall–Kier alpha value is -4.24. The van der Waals surface area contributed by atoms with Crippen LogP contribution in [0.3, 0.4) is 0 Å². The lowest BCUT2D eigenvalue weighted by molar-refractivity contribution is -0.116. The van der Waals surface area contributed by atoms with Crippen LogP contribution in [-0.2, 0) is 4.79 Å². The molecule has 6 nitrogen and oxygen atoms in total. The Kier molecular flexibility index (Phi) is 4.77. The van der Waals surface area contributed by atoms with E-state index in [2.05, 4.69) is 35.2 Å². The van der Waals surface area contributed by atoms with Gasteiger partial charge in [0.25, 0.3) is 0 Å². The molecule has 0 bridgehead atoms. The first-order chi connectivity index (χ1) is 16.7. The number of aryl methyl sites for hydroxylation is 1. The summed E-state index contributed by atoms with van der Waals surface area (Å²) < 4.78 is 13.1. The van der Waals surface area contributed by atoms with Crippen molar-refractivity contribution in [2.24, 2.45) is 0 Å². The van der Waals surface area contributed by atoms with Gasteiger partial charge < -0.3 is 14.0 Å². The predicted molar refractivity (Wildman–Crippen MR) is 128 cm³/mol. The van der Waals surface area contributed by atoms with Gasteiger partial charge in [-0.2, -0.15) is 5.26 Å². The first-order valence-electron chi connectivity index (χ1n) is 11.5. The van der Waals surface area contributed by atoms with Gasteiger partial charge in [-0.1, -0.05) is 23.8 Å². The third-order valence-corrected chi connectivity index (χ3v) is 6.72. The SMILES string of the molecule is Cc1ccc(N2C3=C(C(=O)CCC3)[C@@H](c3ccc4c(c3)OCO4)C(C#N)=C2n2cccc2)cc1. The van der Waals surface area contributed by atoms with Crippen LogP contribution in [0.15, 0.2) is 83.8 Å². The Morgan fingerprint density at radius 3 is 2.53 bits per heavy atom. The van der Waals surface area contributed by atoms with Crippen LogP contribution in [0.1, 0.15) is 36.3 Å². The van der Waals surface area contributed by atoms with Crippen molar-refractivity contribution >= 4 is 17.3 Å². The number of Topliss-reactive ketones (excluding diaryl/α,β-unsaturated/α-hetero) is 1. The predicted octanol–water partition coefficient (Wildman–Crippen LogP) is 5.53. The number of carbonyl (C=O) groups excluding carboxylic acids is 1. The van der Waals surface area contributed by atoms with Crippen molar-refractivity contribution in [3.05, 3.63) is 95.0 Å². The molecule has 0 amide bonds. The highest BCUT2D eigenvalue weighted by atomic mass is 16.7. The number of aromatic nitrogens is 1. The first kappa shape index (κ1) is 20.4. The maximum atomic E-state index is 13.5. The van der Waals surface area contributed by atoms with E-state index in [9.17, 15) is 10.1 Å². The number of carbonyl (C=O) groups is 1. The van der Waals surface area contributed by atoms with Gasteiger partial charge in [0.15, 0.2) is 17.3 Å². The third-order valence-electron chi connectivity index (χ3n) is 6.72. The van der Waals surface area contributed by atoms with Crippen LogP contribution in [0.4, 0.5) is 5.69 Å². The number of nitriles is 1. The number of fused-ring (bicyclic) bond motifs is 1. The second kappa shape index (κ2) is 7.96. The van der Waals surface area contributed by atoms with Crippen LogP contribution in [0, 0.1) is 18.3 Å². The summed E-state index contributed by atoms with van der Waals surface area (Å²) in [5, 5.41) is 10.5. The Morgan fingerprint density at radius 1 is 1.00 bits per heavy atom. The lowest BCUT2D eigenvalue weighted by Gasteiger charge is -2.41. The fourth-order valence-electron chi connectivity index (χ4n) is 5.17. The zero-order chi connectivity index (χ0) is 23.2. The first-order valence-corrected chi connectivity index (χ1v) is 11.5. The monoisotopic (exact) mass is 449 g/mol. The molecule has 0 saturated heterocycles. The molecule has 2 aliphatic heterocycles. The van der Waals surface area contributed by atoms with Crippen LogP contribution < -0.4 is 14.4 Å². The Labute approximate surface area is 197 Å². The molecule has 6 heteroatoms. The summed E-state index contributed by atoms with van der Waals surface area (Å²) in [6.07, 6.45) is 5.93. The summed E-state index contributed by atoms with van der Waals surface area (Å²) in [6, 6.07) is 20.3. The maximum Gasteiger partial charge on any atom is 0.231 e. The molecule has 2 aromatic carbocycles. The molecule has 3 aromatic rings. The fourth-order valence-corrected chi connectivity index (χ4v) is 5.17. The van der Waals surface area contributed by atoms with E-state index in [4.69, 9.17) is 9.47 Å². The Morgan fingerprint density at radius 2 is 1.76 bits per heavy atom. The molecular weight excluding hydrogens is 426 g/mol. The van der Waals surface area contributed by atoms with Gasteiger partial charge in [-0.25, -0.2) is 0 Å². The van der Waals surface area contributed by atoms with E-state index in [1.165, 1.54) is 0 Å². The average molecular weight is 450 g/mol. The lowest BCUT2D eigenvalue weighted by atomic mass is 9.75. The van der Waals surface area contributed by atoms with E-state index in [0.29, 0.717) is 29.1 Å². The molecule has 1 atom stereocenters. The van der Waals surface area contributed by atoms with Crippen molar-refractivity contribution in [2.45, 2.75) is 32.1 Å². The number of benzene rings is 2. The molecule has 0 spiro atoms. The quantitative estimate of drug-likeness (QED) is 0.526. The number of ether oxygens (including phenoxy) is 2. The summed E-state index contributed by atoms with van der Waals surface area (Å²) in [4.78, 5) is 15.6. The molecule has 0 radical (unpaired) electrons. The highest BCUT2D eigenvalue weighted by Crippen LogP contribution is 2.49. The molecule has 1 aromatic heterocycles. The molecule has 0 N–H and O–H groups in total. The maximum absolute atomic E-state index is 13.5. The zero-order valence-corrected chi connectivity index (χ0v) is 18.8. The summed E-state index contributed by atoms with van der Waals surface area (Å²) in [5.74, 6) is 1.70. The van der Waals surface area contributed by atoms with Crippen molar-refractivity contribution < 1.29 is 14.3 Å². The van der Waals surface area contributed by atoms with Crippen molar-refractivity contribution in [1.82, 2.24) is 4.57 Å². The molecular formula is C28H23N3O3. The number of anilines is 1. The topological polar surface area (TPSA) is 67.5 Å². The van der Waals surface area contributed by atoms with Crippen LogP contribution in [0.5, 0.6) is 11.5 Å². The third kappa shape index (κ3) is 3.12. The van der Waals surface area contributed by atoms with Crippen LogP contribution in [0.2, 0.25) is 0 Å². The van der Waals surface area contributed by atoms with Gasteiger partial charge in [0.1, 0.15) is 5.82 Å².